The van der Waals surface area contributed by atoms with Crippen molar-refractivity contribution in [1.82, 2.24) is 15.5 Å². The molecule has 2 aromatic rings. The number of benzene rings is 1. The number of halogens is 1. The zero-order valence-electron chi connectivity index (χ0n) is 12.1. The van der Waals surface area contributed by atoms with Crippen LogP contribution in [0, 0.1) is 18.7 Å². The van der Waals surface area contributed by atoms with E-state index in [1.54, 1.807) is 6.92 Å². The van der Waals surface area contributed by atoms with Gasteiger partial charge in [-0.3, -0.25) is 0 Å². The average Bonchev–Trinajstić information content (AvgIpc) is 2.82. The maximum atomic E-state index is 12.9. The summed E-state index contributed by atoms with van der Waals surface area (Å²) in [5.74, 6) is 1.40. The van der Waals surface area contributed by atoms with Gasteiger partial charge in [0.1, 0.15) is 5.82 Å². The Bertz CT molecular complexity index is 536. The minimum Gasteiger partial charge on any atom is -0.424 e. The van der Waals surface area contributed by atoms with E-state index in [0.717, 1.165) is 12.0 Å². The maximum Gasteiger partial charge on any atom is 0.230 e. The Morgan fingerprint density at radius 1 is 1.20 bits per heavy atom. The van der Waals surface area contributed by atoms with Crippen molar-refractivity contribution < 1.29 is 8.81 Å². The second-order valence-corrected chi connectivity index (χ2v) is 5.28. The Labute approximate surface area is 118 Å². The molecule has 5 heteroatoms. The van der Waals surface area contributed by atoms with Crippen molar-refractivity contribution >= 4 is 0 Å². The van der Waals surface area contributed by atoms with Gasteiger partial charge in [0.2, 0.25) is 11.8 Å². The van der Waals surface area contributed by atoms with Gasteiger partial charge in [0, 0.05) is 13.0 Å². The third kappa shape index (κ3) is 4.13. The van der Waals surface area contributed by atoms with Crippen LogP contribution in [0.5, 0.6) is 0 Å². The summed E-state index contributed by atoms with van der Waals surface area (Å²) in [5, 5.41) is 11.2. The zero-order chi connectivity index (χ0) is 14.5. The fraction of sp³-hybridized carbons (Fsp3) is 0.467. The monoisotopic (exact) mass is 277 g/mol. The molecule has 1 N–H and O–H groups in total. The number of aryl methyl sites for hydroxylation is 1. The van der Waals surface area contributed by atoms with E-state index in [1.807, 2.05) is 12.1 Å². The van der Waals surface area contributed by atoms with Crippen molar-refractivity contribution in [3.63, 3.8) is 0 Å². The molecule has 0 aliphatic carbocycles. The smallest absolute Gasteiger partial charge is 0.230 e. The zero-order valence-corrected chi connectivity index (χ0v) is 12.1. The van der Waals surface area contributed by atoms with Gasteiger partial charge in [-0.25, -0.2) is 4.39 Å². The van der Waals surface area contributed by atoms with Crippen LogP contribution in [-0.2, 0) is 13.0 Å². The van der Waals surface area contributed by atoms with Crippen LogP contribution in [0.25, 0.3) is 0 Å². The van der Waals surface area contributed by atoms with Gasteiger partial charge < -0.3 is 9.73 Å². The third-order valence-electron chi connectivity index (χ3n) is 3.26. The predicted molar refractivity (Wildman–Crippen MR) is 74.6 cm³/mol. The Hall–Kier alpha value is -1.75. The van der Waals surface area contributed by atoms with E-state index in [4.69, 9.17) is 4.42 Å². The minimum atomic E-state index is -0.204. The summed E-state index contributed by atoms with van der Waals surface area (Å²) < 4.78 is 18.3. The Balaban J connectivity index is 1.95. The second-order valence-electron chi connectivity index (χ2n) is 5.28. The van der Waals surface area contributed by atoms with Crippen molar-refractivity contribution in [2.75, 3.05) is 0 Å². The van der Waals surface area contributed by atoms with Crippen LogP contribution in [0.2, 0.25) is 0 Å². The highest BCUT2D eigenvalue weighted by Gasteiger charge is 2.15. The second kappa shape index (κ2) is 6.61. The van der Waals surface area contributed by atoms with Crippen molar-refractivity contribution in [3.8, 4) is 0 Å². The van der Waals surface area contributed by atoms with E-state index >= 15 is 0 Å². The Morgan fingerprint density at radius 2 is 1.90 bits per heavy atom. The SMILES string of the molecule is Cc1nnc(CN[C@@H](Cc2ccc(F)cc2)C(C)C)o1. The topological polar surface area (TPSA) is 51.0 Å². The summed E-state index contributed by atoms with van der Waals surface area (Å²) in [6.07, 6.45) is 0.838. The van der Waals surface area contributed by atoms with Crippen LogP contribution in [0.3, 0.4) is 0 Å². The van der Waals surface area contributed by atoms with Gasteiger partial charge in [-0.2, -0.15) is 0 Å². The van der Waals surface area contributed by atoms with Gasteiger partial charge in [-0.1, -0.05) is 26.0 Å². The van der Waals surface area contributed by atoms with Gasteiger partial charge in [0.05, 0.1) is 6.54 Å². The number of aromatic nitrogens is 2. The predicted octanol–water partition coefficient (Wildman–Crippen LogP) is 2.87. The third-order valence-corrected chi connectivity index (χ3v) is 3.26. The fourth-order valence-electron chi connectivity index (χ4n) is 2.05. The lowest BCUT2D eigenvalue weighted by Gasteiger charge is -2.21. The highest BCUT2D eigenvalue weighted by Crippen LogP contribution is 2.12. The number of nitrogens with one attached hydrogen (secondary N) is 1. The molecule has 0 saturated heterocycles. The standard InChI is InChI=1S/C15H20FN3O/c1-10(2)14(8-12-4-6-13(16)7-5-12)17-9-15-19-18-11(3)20-15/h4-7,10,14,17H,8-9H2,1-3H3/t14-/m0/s1. The van der Waals surface area contributed by atoms with E-state index in [1.165, 1.54) is 12.1 Å². The fourth-order valence-corrected chi connectivity index (χ4v) is 2.05. The van der Waals surface area contributed by atoms with Gasteiger partial charge in [0.25, 0.3) is 0 Å². The number of rotatable bonds is 6. The van der Waals surface area contributed by atoms with E-state index in [-0.39, 0.29) is 11.9 Å². The van der Waals surface area contributed by atoms with Crippen LogP contribution in [0.4, 0.5) is 4.39 Å². The van der Waals surface area contributed by atoms with Crippen LogP contribution < -0.4 is 5.32 Å². The average molecular weight is 277 g/mol. The number of hydrogen-bond donors (Lipinski definition) is 1. The molecule has 0 fully saturated rings. The maximum absolute atomic E-state index is 12.9. The van der Waals surface area contributed by atoms with Gasteiger partial charge in [-0.15, -0.1) is 10.2 Å². The molecule has 0 spiro atoms. The molecule has 1 aromatic heterocycles. The Morgan fingerprint density at radius 3 is 2.45 bits per heavy atom. The quantitative estimate of drug-likeness (QED) is 0.882. The van der Waals surface area contributed by atoms with Crippen molar-refractivity contribution in [3.05, 3.63) is 47.4 Å². The molecule has 0 radical (unpaired) electrons. The summed E-state index contributed by atoms with van der Waals surface area (Å²) in [6, 6.07) is 6.90. The number of nitrogens with zero attached hydrogens (tertiary/aromatic N) is 2. The van der Waals surface area contributed by atoms with Gasteiger partial charge in [-0.05, 0) is 30.0 Å². The molecule has 1 heterocycles. The first-order valence-corrected chi connectivity index (χ1v) is 6.81. The lowest BCUT2D eigenvalue weighted by atomic mass is 9.96. The first-order chi connectivity index (χ1) is 9.54. The van der Waals surface area contributed by atoms with E-state index in [0.29, 0.717) is 24.2 Å². The molecule has 2 rings (SSSR count). The molecule has 0 bridgehead atoms. The summed E-state index contributed by atoms with van der Waals surface area (Å²) in [7, 11) is 0. The first kappa shape index (κ1) is 14.7. The lowest BCUT2D eigenvalue weighted by molar-refractivity contribution is 0.363. The van der Waals surface area contributed by atoms with Crippen molar-refractivity contribution in [2.24, 2.45) is 5.92 Å². The van der Waals surface area contributed by atoms with E-state index in [9.17, 15) is 4.39 Å². The normalized spacial score (nSPS) is 12.8. The van der Waals surface area contributed by atoms with Crippen molar-refractivity contribution in [1.29, 1.82) is 0 Å². The largest absolute Gasteiger partial charge is 0.424 e. The molecular formula is C15H20FN3O. The van der Waals surface area contributed by atoms with Crippen LogP contribution in [0.15, 0.2) is 28.7 Å². The molecular weight excluding hydrogens is 257 g/mol. The first-order valence-electron chi connectivity index (χ1n) is 6.81. The summed E-state index contributed by atoms with van der Waals surface area (Å²) >= 11 is 0. The highest BCUT2D eigenvalue weighted by molar-refractivity contribution is 5.17. The molecule has 4 nitrogen and oxygen atoms in total. The van der Waals surface area contributed by atoms with Gasteiger partial charge >= 0.3 is 0 Å². The molecule has 1 aromatic carbocycles. The summed E-state index contributed by atoms with van der Waals surface area (Å²) in [6.45, 7) is 6.63. The Kier molecular flexibility index (Phi) is 4.84. The lowest BCUT2D eigenvalue weighted by Crippen LogP contribution is -2.35. The van der Waals surface area contributed by atoms with Crippen LogP contribution in [0.1, 0.15) is 31.2 Å². The molecule has 0 saturated carbocycles. The van der Waals surface area contributed by atoms with Gasteiger partial charge in [0.15, 0.2) is 0 Å². The summed E-state index contributed by atoms with van der Waals surface area (Å²) in [5.41, 5.74) is 1.11. The molecule has 0 aliphatic heterocycles. The summed E-state index contributed by atoms with van der Waals surface area (Å²) in [4.78, 5) is 0. The van der Waals surface area contributed by atoms with Crippen molar-refractivity contribution in [2.45, 2.75) is 39.8 Å². The van der Waals surface area contributed by atoms with E-state index < -0.39 is 0 Å². The van der Waals surface area contributed by atoms with Crippen LogP contribution >= 0.6 is 0 Å². The van der Waals surface area contributed by atoms with Crippen LogP contribution in [-0.4, -0.2) is 16.2 Å². The molecule has 1 atom stereocenters. The van der Waals surface area contributed by atoms with E-state index in [2.05, 4.69) is 29.4 Å². The highest BCUT2D eigenvalue weighted by atomic mass is 19.1. The molecule has 0 amide bonds. The molecule has 0 aliphatic rings. The molecule has 108 valence electrons. The molecule has 0 unspecified atom stereocenters. The minimum absolute atomic E-state index is 0.204. The molecule has 20 heavy (non-hydrogen) atoms. The number of hydrogen-bond acceptors (Lipinski definition) is 4.